The third kappa shape index (κ3) is 3.74. The summed E-state index contributed by atoms with van der Waals surface area (Å²) in [6, 6.07) is 21.3. The lowest BCUT2D eigenvalue weighted by atomic mass is 10.1. The molecule has 5 nitrogen and oxygen atoms in total. The van der Waals surface area contributed by atoms with Crippen LogP contribution < -0.4 is 5.32 Å². The van der Waals surface area contributed by atoms with E-state index in [1.54, 1.807) is 12.1 Å². The van der Waals surface area contributed by atoms with E-state index in [9.17, 15) is 4.79 Å². The minimum Gasteiger partial charge on any atom is -0.456 e. The summed E-state index contributed by atoms with van der Waals surface area (Å²) in [6.45, 7) is 3.76. The average Bonchev–Trinajstić information content (AvgIpc) is 3.32. The maximum absolute atomic E-state index is 12.5. The number of carbonyl (C=O) groups is 1. The van der Waals surface area contributed by atoms with E-state index in [-0.39, 0.29) is 11.7 Å². The van der Waals surface area contributed by atoms with Gasteiger partial charge in [0.15, 0.2) is 5.76 Å². The van der Waals surface area contributed by atoms with Gasteiger partial charge in [-0.2, -0.15) is 0 Å². The van der Waals surface area contributed by atoms with Crippen molar-refractivity contribution in [2.45, 2.75) is 20.3 Å². The van der Waals surface area contributed by atoms with E-state index in [0.29, 0.717) is 17.9 Å². The minimum absolute atomic E-state index is 0.272. The lowest BCUT2D eigenvalue weighted by Gasteiger charge is -2.06. The second-order valence-corrected chi connectivity index (χ2v) is 6.64. The number of rotatable bonds is 5. The highest BCUT2D eigenvalue weighted by Gasteiger charge is 2.15. The van der Waals surface area contributed by atoms with Crippen LogP contribution in [0.3, 0.4) is 0 Å². The molecule has 0 aliphatic heterocycles. The van der Waals surface area contributed by atoms with Gasteiger partial charge in [-0.05, 0) is 49.2 Å². The zero-order chi connectivity index (χ0) is 19.5. The SMILES string of the molecule is Cc1noc(C)c1Cc1ccc(C(=O)Nc2ccc(-c3ccccc3)cc2)o1. The Hall–Kier alpha value is -3.60. The molecule has 0 aliphatic carbocycles. The second-order valence-electron chi connectivity index (χ2n) is 6.64. The Kier molecular flexibility index (Phi) is 4.81. The Morgan fingerprint density at radius 3 is 2.32 bits per heavy atom. The molecule has 0 spiro atoms. The summed E-state index contributed by atoms with van der Waals surface area (Å²) in [5.41, 5.74) is 4.76. The van der Waals surface area contributed by atoms with Crippen LogP contribution in [0.25, 0.3) is 11.1 Å². The molecule has 0 fully saturated rings. The number of furan rings is 1. The van der Waals surface area contributed by atoms with Gasteiger partial charge in [-0.15, -0.1) is 0 Å². The van der Waals surface area contributed by atoms with Crippen LogP contribution in [0.1, 0.15) is 33.3 Å². The number of nitrogens with one attached hydrogen (secondary N) is 1. The molecular weight excluding hydrogens is 352 g/mol. The summed E-state index contributed by atoms with van der Waals surface area (Å²) in [6.07, 6.45) is 0.542. The molecule has 0 atom stereocenters. The lowest BCUT2D eigenvalue weighted by Crippen LogP contribution is -2.10. The van der Waals surface area contributed by atoms with Gasteiger partial charge < -0.3 is 14.3 Å². The molecule has 4 aromatic rings. The molecule has 0 saturated carbocycles. The Bertz CT molecular complexity index is 1070. The topological polar surface area (TPSA) is 68.3 Å². The zero-order valence-corrected chi connectivity index (χ0v) is 15.7. The predicted octanol–water partition coefficient (Wildman–Crippen LogP) is 5.39. The number of aromatic nitrogens is 1. The number of aryl methyl sites for hydroxylation is 2. The van der Waals surface area contributed by atoms with Crippen molar-refractivity contribution in [3.63, 3.8) is 0 Å². The highest BCUT2D eigenvalue weighted by molar-refractivity contribution is 6.02. The number of amides is 1. The van der Waals surface area contributed by atoms with Crippen molar-refractivity contribution in [2.75, 3.05) is 5.32 Å². The first kappa shape index (κ1) is 17.8. The molecule has 4 rings (SSSR count). The van der Waals surface area contributed by atoms with Gasteiger partial charge in [0.2, 0.25) is 0 Å². The summed E-state index contributed by atoms with van der Waals surface area (Å²) in [5, 5.41) is 6.81. The fourth-order valence-corrected chi connectivity index (χ4v) is 3.09. The van der Waals surface area contributed by atoms with Gasteiger partial charge in [-0.1, -0.05) is 47.6 Å². The van der Waals surface area contributed by atoms with Gasteiger partial charge in [-0.25, -0.2) is 0 Å². The van der Waals surface area contributed by atoms with E-state index < -0.39 is 0 Å². The van der Waals surface area contributed by atoms with E-state index >= 15 is 0 Å². The van der Waals surface area contributed by atoms with E-state index in [0.717, 1.165) is 28.1 Å². The predicted molar refractivity (Wildman–Crippen MR) is 107 cm³/mol. The Morgan fingerprint density at radius 2 is 1.64 bits per heavy atom. The highest BCUT2D eigenvalue weighted by Crippen LogP contribution is 2.22. The molecule has 28 heavy (non-hydrogen) atoms. The molecule has 0 bridgehead atoms. The van der Waals surface area contributed by atoms with Gasteiger partial charge in [0, 0.05) is 17.7 Å². The number of hydrogen-bond donors (Lipinski definition) is 1. The number of anilines is 1. The van der Waals surface area contributed by atoms with Gasteiger partial charge >= 0.3 is 0 Å². The number of benzene rings is 2. The molecule has 0 unspecified atom stereocenters. The normalized spacial score (nSPS) is 10.8. The molecular formula is C23H20N2O3. The molecule has 0 aliphatic rings. The first-order valence-electron chi connectivity index (χ1n) is 9.07. The van der Waals surface area contributed by atoms with Crippen molar-refractivity contribution in [3.05, 3.63) is 95.3 Å². The zero-order valence-electron chi connectivity index (χ0n) is 15.7. The van der Waals surface area contributed by atoms with Crippen LogP contribution in [0.15, 0.2) is 75.7 Å². The van der Waals surface area contributed by atoms with E-state index in [2.05, 4.69) is 22.6 Å². The van der Waals surface area contributed by atoms with Crippen LogP contribution in [-0.4, -0.2) is 11.1 Å². The quantitative estimate of drug-likeness (QED) is 0.510. The van der Waals surface area contributed by atoms with Crippen molar-refractivity contribution in [2.24, 2.45) is 0 Å². The van der Waals surface area contributed by atoms with Gasteiger partial charge in [0.25, 0.3) is 5.91 Å². The molecule has 140 valence electrons. The largest absolute Gasteiger partial charge is 0.456 e. The van der Waals surface area contributed by atoms with E-state index in [1.165, 1.54) is 0 Å². The lowest BCUT2D eigenvalue weighted by molar-refractivity contribution is 0.0995. The molecule has 5 heteroatoms. The molecule has 2 heterocycles. The maximum Gasteiger partial charge on any atom is 0.291 e. The summed E-state index contributed by atoms with van der Waals surface area (Å²) < 4.78 is 10.9. The minimum atomic E-state index is -0.280. The Balaban J connectivity index is 1.43. The van der Waals surface area contributed by atoms with Crippen LogP contribution in [-0.2, 0) is 6.42 Å². The molecule has 2 aromatic heterocycles. The van der Waals surface area contributed by atoms with E-state index in [4.69, 9.17) is 8.94 Å². The third-order valence-corrected chi connectivity index (χ3v) is 4.67. The third-order valence-electron chi connectivity index (χ3n) is 4.67. The molecule has 1 N–H and O–H groups in total. The Labute approximate surface area is 163 Å². The molecule has 0 radical (unpaired) electrons. The van der Waals surface area contributed by atoms with Crippen LogP contribution in [0.5, 0.6) is 0 Å². The van der Waals surface area contributed by atoms with Gasteiger partial charge in [-0.3, -0.25) is 4.79 Å². The second kappa shape index (κ2) is 7.56. The summed E-state index contributed by atoms with van der Waals surface area (Å²) in [5.74, 6) is 1.45. The van der Waals surface area contributed by atoms with Gasteiger partial charge in [0.1, 0.15) is 11.5 Å². The summed E-state index contributed by atoms with van der Waals surface area (Å²) >= 11 is 0. The standard InChI is InChI=1S/C23H20N2O3/c1-15-21(16(2)28-25-15)14-20-12-13-22(27-20)23(26)24-19-10-8-18(9-11-19)17-6-4-3-5-7-17/h3-13H,14H2,1-2H3,(H,24,26). The van der Waals surface area contributed by atoms with Crippen LogP contribution in [0.4, 0.5) is 5.69 Å². The monoisotopic (exact) mass is 372 g/mol. The van der Waals surface area contributed by atoms with Crippen molar-refractivity contribution in [1.82, 2.24) is 5.16 Å². The molecule has 0 saturated heterocycles. The summed E-state index contributed by atoms with van der Waals surface area (Å²) in [4.78, 5) is 12.5. The number of nitrogens with zero attached hydrogens (tertiary/aromatic N) is 1. The fraction of sp³-hybridized carbons (Fsp3) is 0.130. The van der Waals surface area contributed by atoms with Crippen LogP contribution in [0, 0.1) is 13.8 Å². The highest BCUT2D eigenvalue weighted by atomic mass is 16.5. The molecule has 1 amide bonds. The van der Waals surface area contributed by atoms with Crippen LogP contribution >= 0.6 is 0 Å². The number of carbonyl (C=O) groups excluding carboxylic acids is 1. The molecule has 2 aromatic carbocycles. The first-order valence-corrected chi connectivity index (χ1v) is 9.07. The maximum atomic E-state index is 12.5. The van der Waals surface area contributed by atoms with Crippen molar-refractivity contribution in [1.29, 1.82) is 0 Å². The Morgan fingerprint density at radius 1 is 0.929 bits per heavy atom. The van der Waals surface area contributed by atoms with E-state index in [1.807, 2.05) is 56.3 Å². The number of hydrogen-bond acceptors (Lipinski definition) is 4. The fourth-order valence-electron chi connectivity index (χ4n) is 3.09. The van der Waals surface area contributed by atoms with Crippen molar-refractivity contribution >= 4 is 11.6 Å². The van der Waals surface area contributed by atoms with Crippen molar-refractivity contribution < 1.29 is 13.7 Å². The van der Waals surface area contributed by atoms with Gasteiger partial charge in [0.05, 0.1) is 5.69 Å². The average molecular weight is 372 g/mol. The summed E-state index contributed by atoms with van der Waals surface area (Å²) in [7, 11) is 0. The first-order chi connectivity index (χ1) is 13.6. The smallest absolute Gasteiger partial charge is 0.291 e. The van der Waals surface area contributed by atoms with Crippen LogP contribution in [0.2, 0.25) is 0 Å². The van der Waals surface area contributed by atoms with Crippen molar-refractivity contribution in [3.8, 4) is 11.1 Å².